The summed E-state index contributed by atoms with van der Waals surface area (Å²) in [4.78, 5) is 28.2. The van der Waals surface area contributed by atoms with Gasteiger partial charge in [0.25, 0.3) is 11.5 Å². The summed E-state index contributed by atoms with van der Waals surface area (Å²) in [6.45, 7) is 0.528. The van der Waals surface area contributed by atoms with Gasteiger partial charge in [0.1, 0.15) is 12.7 Å². The summed E-state index contributed by atoms with van der Waals surface area (Å²) in [6.07, 6.45) is 2.89. The molecule has 1 N–H and O–H groups in total. The molecule has 0 saturated carbocycles. The molecule has 2 aromatic heterocycles. The van der Waals surface area contributed by atoms with Crippen LogP contribution in [0.4, 0.5) is 0 Å². The topological polar surface area (TPSA) is 94.7 Å². The molecule has 0 unspecified atom stereocenters. The zero-order valence-electron chi connectivity index (χ0n) is 14.3. The van der Waals surface area contributed by atoms with Crippen molar-refractivity contribution < 1.29 is 4.79 Å². The largest absolute Gasteiger partial charge is 0.350 e. The molecule has 4 aromatic rings. The minimum atomic E-state index is -0.251. The highest BCUT2D eigenvalue weighted by Crippen LogP contribution is 2.15. The third-order valence-corrected chi connectivity index (χ3v) is 4.13. The number of nitrogens with zero attached hydrogens (tertiary/aromatic N) is 5. The molecule has 8 heteroatoms. The van der Waals surface area contributed by atoms with Crippen LogP contribution in [0.1, 0.15) is 10.4 Å². The number of aromatic nitrogens is 5. The van der Waals surface area contributed by atoms with Gasteiger partial charge in [0.15, 0.2) is 5.82 Å². The van der Waals surface area contributed by atoms with Crippen molar-refractivity contribution in [1.29, 1.82) is 0 Å². The van der Waals surface area contributed by atoms with Crippen molar-refractivity contribution in [1.82, 2.24) is 29.9 Å². The molecule has 134 valence electrons. The fourth-order valence-corrected chi connectivity index (χ4v) is 2.76. The van der Waals surface area contributed by atoms with Crippen LogP contribution in [-0.4, -0.2) is 37.0 Å². The Balaban J connectivity index is 1.44. The Labute approximate surface area is 154 Å². The van der Waals surface area contributed by atoms with Crippen LogP contribution in [0, 0.1) is 0 Å². The molecular weight excluding hydrogens is 344 g/mol. The first-order chi connectivity index (χ1) is 13.2. The molecule has 0 bridgehead atoms. The van der Waals surface area contributed by atoms with Crippen LogP contribution in [0.3, 0.4) is 0 Å². The van der Waals surface area contributed by atoms with Gasteiger partial charge in [0, 0.05) is 18.2 Å². The van der Waals surface area contributed by atoms with Crippen LogP contribution in [0.5, 0.6) is 0 Å². The van der Waals surface area contributed by atoms with E-state index in [-0.39, 0.29) is 24.6 Å². The van der Waals surface area contributed by atoms with E-state index in [2.05, 4.69) is 20.5 Å². The molecule has 2 aromatic carbocycles. The van der Waals surface area contributed by atoms with Crippen molar-refractivity contribution in [2.75, 3.05) is 6.54 Å². The maximum Gasteiger partial charge on any atom is 0.266 e. The number of fused-ring (bicyclic) bond motifs is 1. The lowest BCUT2D eigenvalue weighted by Crippen LogP contribution is -2.32. The highest BCUT2D eigenvalue weighted by Gasteiger charge is 2.07. The van der Waals surface area contributed by atoms with E-state index in [1.54, 1.807) is 12.1 Å². The second kappa shape index (κ2) is 7.20. The van der Waals surface area contributed by atoms with Crippen molar-refractivity contribution in [2.24, 2.45) is 0 Å². The van der Waals surface area contributed by atoms with Crippen LogP contribution >= 0.6 is 0 Å². The standard InChI is InChI=1S/C19H16N6O2/c26-18-8-7-17(25-13-20-12-22-25)23-24(18)10-9-21-19(27)16-6-5-14-3-1-2-4-15(14)11-16/h1-8,11-13H,9-10H2,(H,21,27). The Morgan fingerprint density at radius 3 is 2.70 bits per heavy atom. The first-order valence-corrected chi connectivity index (χ1v) is 8.41. The molecule has 0 radical (unpaired) electrons. The summed E-state index contributed by atoms with van der Waals surface area (Å²) in [5.41, 5.74) is 0.323. The Morgan fingerprint density at radius 1 is 1.04 bits per heavy atom. The van der Waals surface area contributed by atoms with Crippen molar-refractivity contribution in [3.8, 4) is 5.82 Å². The van der Waals surface area contributed by atoms with E-state index in [1.807, 2.05) is 36.4 Å². The fourth-order valence-electron chi connectivity index (χ4n) is 2.76. The van der Waals surface area contributed by atoms with Crippen molar-refractivity contribution in [2.45, 2.75) is 6.54 Å². The van der Waals surface area contributed by atoms with E-state index < -0.39 is 0 Å². The van der Waals surface area contributed by atoms with Gasteiger partial charge in [-0.15, -0.1) is 5.10 Å². The summed E-state index contributed by atoms with van der Waals surface area (Å²) < 4.78 is 2.75. The highest BCUT2D eigenvalue weighted by atomic mass is 16.2. The van der Waals surface area contributed by atoms with E-state index in [0.717, 1.165) is 10.8 Å². The maximum atomic E-state index is 12.4. The Kier molecular flexibility index (Phi) is 4.44. The Morgan fingerprint density at radius 2 is 1.89 bits per heavy atom. The first-order valence-electron chi connectivity index (χ1n) is 8.41. The normalized spacial score (nSPS) is 10.8. The lowest BCUT2D eigenvalue weighted by Gasteiger charge is -2.09. The Hall–Kier alpha value is -3.81. The SMILES string of the molecule is O=C(NCCn1nc(-n2cncn2)ccc1=O)c1ccc2ccccc2c1. The van der Waals surface area contributed by atoms with Crippen LogP contribution in [-0.2, 0) is 6.54 Å². The predicted octanol–water partition coefficient (Wildman–Crippen LogP) is 1.41. The molecule has 0 spiro atoms. The highest BCUT2D eigenvalue weighted by molar-refractivity contribution is 5.98. The van der Waals surface area contributed by atoms with Gasteiger partial charge >= 0.3 is 0 Å². The molecular formula is C19H16N6O2. The van der Waals surface area contributed by atoms with Crippen molar-refractivity contribution in [3.05, 3.63) is 83.2 Å². The number of hydrogen-bond donors (Lipinski definition) is 1. The molecule has 0 atom stereocenters. The lowest BCUT2D eigenvalue weighted by atomic mass is 10.1. The molecule has 0 saturated heterocycles. The van der Waals surface area contributed by atoms with Gasteiger partial charge in [-0.25, -0.2) is 14.3 Å². The van der Waals surface area contributed by atoms with Crippen molar-refractivity contribution in [3.63, 3.8) is 0 Å². The van der Waals surface area contributed by atoms with Gasteiger partial charge in [-0.05, 0) is 29.0 Å². The number of benzene rings is 2. The molecule has 4 rings (SSSR count). The predicted molar refractivity (Wildman–Crippen MR) is 99.7 cm³/mol. The molecule has 0 aliphatic heterocycles. The minimum absolute atomic E-state index is 0.193. The number of amides is 1. The van der Waals surface area contributed by atoms with E-state index in [9.17, 15) is 9.59 Å². The van der Waals surface area contributed by atoms with Crippen LogP contribution < -0.4 is 10.9 Å². The smallest absolute Gasteiger partial charge is 0.266 e. The molecule has 2 heterocycles. The van der Waals surface area contributed by atoms with Crippen molar-refractivity contribution >= 4 is 16.7 Å². The molecule has 8 nitrogen and oxygen atoms in total. The second-order valence-corrected chi connectivity index (χ2v) is 5.91. The quantitative estimate of drug-likeness (QED) is 0.581. The zero-order valence-corrected chi connectivity index (χ0v) is 14.3. The third kappa shape index (κ3) is 3.59. The number of carbonyl (C=O) groups excluding carboxylic acids is 1. The number of rotatable bonds is 5. The Bertz CT molecular complexity index is 1150. The van der Waals surface area contributed by atoms with E-state index in [4.69, 9.17) is 0 Å². The summed E-state index contributed by atoms with van der Waals surface area (Å²) in [5.74, 6) is 0.286. The molecule has 27 heavy (non-hydrogen) atoms. The van der Waals surface area contributed by atoms with Gasteiger partial charge in [-0.1, -0.05) is 30.3 Å². The molecule has 0 fully saturated rings. The maximum absolute atomic E-state index is 12.4. The zero-order chi connectivity index (χ0) is 18.6. The minimum Gasteiger partial charge on any atom is -0.350 e. The van der Waals surface area contributed by atoms with Crippen LogP contribution in [0.25, 0.3) is 16.6 Å². The summed E-state index contributed by atoms with van der Waals surface area (Å²) in [5, 5.41) is 13.1. The fraction of sp³-hybridized carbons (Fsp3) is 0.105. The number of hydrogen-bond acceptors (Lipinski definition) is 5. The summed E-state index contributed by atoms with van der Waals surface area (Å²) in [7, 11) is 0. The lowest BCUT2D eigenvalue weighted by molar-refractivity contribution is 0.0952. The molecule has 0 aliphatic rings. The van der Waals surface area contributed by atoms with E-state index in [1.165, 1.54) is 28.1 Å². The summed E-state index contributed by atoms with van der Waals surface area (Å²) >= 11 is 0. The van der Waals surface area contributed by atoms with Gasteiger partial charge in [-0.3, -0.25) is 9.59 Å². The average Bonchev–Trinajstić information content (AvgIpc) is 3.24. The molecule has 1 amide bonds. The molecule has 0 aliphatic carbocycles. The van der Waals surface area contributed by atoms with E-state index in [0.29, 0.717) is 11.4 Å². The van der Waals surface area contributed by atoms with Gasteiger partial charge in [0.2, 0.25) is 0 Å². The van der Waals surface area contributed by atoms with E-state index >= 15 is 0 Å². The average molecular weight is 360 g/mol. The third-order valence-electron chi connectivity index (χ3n) is 4.13. The van der Waals surface area contributed by atoms with Crippen LogP contribution in [0.2, 0.25) is 0 Å². The first kappa shape index (κ1) is 16.6. The number of carbonyl (C=O) groups is 1. The number of nitrogens with one attached hydrogen (secondary N) is 1. The van der Waals surface area contributed by atoms with Gasteiger partial charge in [0.05, 0.1) is 6.54 Å². The van der Waals surface area contributed by atoms with Gasteiger partial charge in [-0.2, -0.15) is 5.10 Å². The van der Waals surface area contributed by atoms with Crippen LogP contribution in [0.15, 0.2) is 72.0 Å². The van der Waals surface area contributed by atoms with Gasteiger partial charge < -0.3 is 5.32 Å². The monoisotopic (exact) mass is 360 g/mol. The second-order valence-electron chi connectivity index (χ2n) is 5.91. The summed E-state index contributed by atoms with van der Waals surface area (Å²) in [6, 6.07) is 16.4.